The fourth-order valence-corrected chi connectivity index (χ4v) is 5.29. The van der Waals surface area contributed by atoms with E-state index < -0.39 is 27.7 Å². The van der Waals surface area contributed by atoms with E-state index in [4.69, 9.17) is 9.79 Å². The van der Waals surface area contributed by atoms with Crippen molar-refractivity contribution in [2.45, 2.75) is 45.4 Å². The van der Waals surface area contributed by atoms with Crippen molar-refractivity contribution >= 4 is 26.6 Å². The third kappa shape index (κ3) is 7.29. The summed E-state index contributed by atoms with van der Waals surface area (Å²) >= 11 is 0. The number of hydrogen-bond donors (Lipinski definition) is 6. The van der Waals surface area contributed by atoms with Crippen LogP contribution in [0.5, 0.6) is 11.5 Å². The summed E-state index contributed by atoms with van der Waals surface area (Å²) in [5.41, 5.74) is 4.14. The van der Waals surface area contributed by atoms with Crippen molar-refractivity contribution in [1.82, 2.24) is 0 Å². The van der Waals surface area contributed by atoms with Crippen LogP contribution >= 0.6 is 15.4 Å². The molecule has 9 nitrogen and oxygen atoms in total. The van der Waals surface area contributed by atoms with Crippen LogP contribution in [0.25, 0.3) is 11.1 Å². The van der Waals surface area contributed by atoms with Crippen molar-refractivity contribution in [2.24, 2.45) is 0 Å². The summed E-state index contributed by atoms with van der Waals surface area (Å²) in [5.74, 6) is -1.95. The zero-order valence-corrected chi connectivity index (χ0v) is 19.5. The highest BCUT2D eigenvalue weighted by atomic mass is 31.2. The maximum Gasteiger partial charge on any atom is 0.470 e. The van der Waals surface area contributed by atoms with Gasteiger partial charge in [-0.05, 0) is 77.8 Å². The SMILES string of the molecule is CC/C(=C(/CC)c1ccc(O)c(CCC(OP(=O)(O)O)P(=O)(O)O)c1)c1ccc(O)cc1. The van der Waals surface area contributed by atoms with E-state index in [2.05, 4.69) is 4.52 Å². The Labute approximate surface area is 186 Å². The minimum absolute atomic E-state index is 0.0763. The van der Waals surface area contributed by atoms with Gasteiger partial charge < -0.3 is 29.8 Å². The number of phenolic OH excluding ortho intramolecular Hbond substituents is 2. The molecule has 0 spiro atoms. The number of phosphoric acid groups is 1. The largest absolute Gasteiger partial charge is 0.508 e. The highest BCUT2D eigenvalue weighted by Crippen LogP contribution is 2.52. The van der Waals surface area contributed by atoms with Crippen LogP contribution in [0.2, 0.25) is 0 Å². The third-order valence-corrected chi connectivity index (χ3v) is 6.82. The van der Waals surface area contributed by atoms with Crippen molar-refractivity contribution in [3.8, 4) is 11.5 Å². The van der Waals surface area contributed by atoms with Crippen molar-refractivity contribution in [3.05, 3.63) is 59.2 Å². The molecule has 0 fully saturated rings. The third-order valence-electron chi connectivity index (χ3n) is 5.01. The van der Waals surface area contributed by atoms with E-state index >= 15 is 0 Å². The molecule has 0 saturated heterocycles. The number of phosphoric ester groups is 1. The molecule has 0 aromatic heterocycles. The number of allylic oxidation sites excluding steroid dienone is 2. The first-order valence-corrected chi connectivity index (χ1v) is 13.2. The van der Waals surface area contributed by atoms with Crippen LogP contribution in [-0.4, -0.2) is 35.6 Å². The van der Waals surface area contributed by atoms with Crippen LogP contribution < -0.4 is 0 Å². The molecule has 0 aliphatic rings. The van der Waals surface area contributed by atoms with Gasteiger partial charge in [0.05, 0.1) is 0 Å². The van der Waals surface area contributed by atoms with E-state index in [1.54, 1.807) is 24.3 Å². The predicted octanol–water partition coefficient (Wildman–Crippen LogP) is 4.37. The first kappa shape index (κ1) is 26.3. The fraction of sp³-hybridized carbons (Fsp3) is 0.333. The number of phenols is 2. The molecule has 1 atom stereocenters. The predicted molar refractivity (Wildman–Crippen MR) is 121 cm³/mol. The number of benzene rings is 2. The Morgan fingerprint density at radius 1 is 0.875 bits per heavy atom. The second kappa shape index (κ2) is 10.8. The monoisotopic (exact) mass is 486 g/mol. The molecular weight excluding hydrogens is 458 g/mol. The Morgan fingerprint density at radius 2 is 1.41 bits per heavy atom. The Balaban J connectivity index is 2.40. The summed E-state index contributed by atoms with van der Waals surface area (Å²) in [6.07, 6.45) is 0.893. The van der Waals surface area contributed by atoms with Gasteiger partial charge in [-0.2, -0.15) is 0 Å². The maximum atomic E-state index is 11.6. The molecule has 2 aromatic rings. The molecule has 2 rings (SSSR count). The minimum atomic E-state index is -5.12. The average molecular weight is 486 g/mol. The Morgan fingerprint density at radius 3 is 1.91 bits per heavy atom. The van der Waals surface area contributed by atoms with Gasteiger partial charge in [-0.3, -0.25) is 9.09 Å². The second-order valence-corrected chi connectivity index (χ2v) is 10.2. The lowest BCUT2D eigenvalue weighted by Gasteiger charge is -2.20. The van der Waals surface area contributed by atoms with Gasteiger partial charge in [0.25, 0.3) is 0 Å². The molecule has 176 valence electrons. The minimum Gasteiger partial charge on any atom is -0.508 e. The van der Waals surface area contributed by atoms with Crippen LogP contribution in [0.1, 0.15) is 49.8 Å². The molecule has 0 bridgehead atoms. The summed E-state index contributed by atoms with van der Waals surface area (Å²) < 4.78 is 26.9. The summed E-state index contributed by atoms with van der Waals surface area (Å²) in [6.45, 7) is 3.98. The van der Waals surface area contributed by atoms with Crippen molar-refractivity contribution in [2.75, 3.05) is 0 Å². The van der Waals surface area contributed by atoms with Crippen LogP contribution in [0, 0.1) is 0 Å². The number of aryl methyl sites for hydroxylation is 1. The van der Waals surface area contributed by atoms with Gasteiger partial charge in [-0.25, -0.2) is 4.57 Å². The summed E-state index contributed by atoms with van der Waals surface area (Å²) in [7, 11) is -10.1. The molecule has 0 amide bonds. The second-order valence-electron chi connectivity index (χ2n) is 7.23. The molecule has 0 aliphatic carbocycles. The summed E-state index contributed by atoms with van der Waals surface area (Å²) in [4.78, 5) is 36.6. The summed E-state index contributed by atoms with van der Waals surface area (Å²) in [6, 6.07) is 11.7. The van der Waals surface area contributed by atoms with Crippen molar-refractivity contribution in [1.29, 1.82) is 0 Å². The Hall–Kier alpha value is -1.96. The van der Waals surface area contributed by atoms with Gasteiger partial charge in [0.1, 0.15) is 11.5 Å². The molecular formula is C21H28O9P2. The van der Waals surface area contributed by atoms with Gasteiger partial charge >= 0.3 is 15.4 Å². The van der Waals surface area contributed by atoms with Crippen molar-refractivity contribution in [3.63, 3.8) is 0 Å². The van der Waals surface area contributed by atoms with Crippen LogP contribution in [0.15, 0.2) is 42.5 Å². The number of hydrogen-bond acceptors (Lipinski definition) is 5. The molecule has 0 aliphatic heterocycles. The van der Waals surface area contributed by atoms with E-state index in [1.807, 2.05) is 26.0 Å². The molecule has 1 unspecified atom stereocenters. The first-order chi connectivity index (χ1) is 14.9. The van der Waals surface area contributed by atoms with Crippen molar-refractivity contribution < 1.29 is 43.4 Å². The van der Waals surface area contributed by atoms with Gasteiger partial charge in [-0.1, -0.05) is 32.0 Å². The standard InChI is InChI=1S/C21H28O9P2/c1-3-18(14-5-9-17(22)10-6-14)19(4-2)15-7-11-20(23)16(13-15)8-12-21(31(24,25)26)30-32(27,28)29/h5-7,9-11,13,21-23H,3-4,8,12H2,1-2H3,(H2,24,25,26)(H2,27,28,29)/b19-18+. The lowest BCUT2D eigenvalue weighted by Crippen LogP contribution is -2.13. The molecule has 0 heterocycles. The van der Waals surface area contributed by atoms with E-state index in [1.165, 1.54) is 6.07 Å². The highest BCUT2D eigenvalue weighted by Gasteiger charge is 2.35. The summed E-state index contributed by atoms with van der Waals surface area (Å²) in [5, 5.41) is 19.8. The first-order valence-electron chi connectivity index (χ1n) is 9.98. The Kier molecular flexibility index (Phi) is 8.85. The number of rotatable bonds is 10. The van der Waals surface area contributed by atoms with E-state index in [0.29, 0.717) is 18.4 Å². The quantitative estimate of drug-likeness (QED) is 0.211. The average Bonchev–Trinajstić information content (AvgIpc) is 2.70. The van der Waals surface area contributed by atoms with Gasteiger partial charge in [-0.15, -0.1) is 0 Å². The molecule has 0 radical (unpaired) electrons. The van der Waals surface area contributed by atoms with Crippen LogP contribution in [0.3, 0.4) is 0 Å². The molecule has 2 aromatic carbocycles. The normalized spacial score (nSPS) is 14.2. The maximum absolute atomic E-state index is 11.6. The lowest BCUT2D eigenvalue weighted by molar-refractivity contribution is 0.149. The molecule has 0 saturated carbocycles. The molecule has 6 N–H and O–H groups in total. The fourth-order valence-electron chi connectivity index (χ4n) is 3.54. The number of aromatic hydroxyl groups is 2. The van der Waals surface area contributed by atoms with Crippen LogP contribution in [-0.2, 0) is 20.1 Å². The molecule has 32 heavy (non-hydrogen) atoms. The Bertz CT molecular complexity index is 1050. The lowest BCUT2D eigenvalue weighted by atomic mass is 9.90. The van der Waals surface area contributed by atoms with Gasteiger partial charge in [0.2, 0.25) is 0 Å². The van der Waals surface area contributed by atoms with Gasteiger partial charge in [0, 0.05) is 0 Å². The van der Waals surface area contributed by atoms with Crippen LogP contribution in [0.4, 0.5) is 0 Å². The highest BCUT2D eigenvalue weighted by molar-refractivity contribution is 7.53. The zero-order valence-electron chi connectivity index (χ0n) is 17.7. The zero-order chi connectivity index (χ0) is 24.1. The van der Waals surface area contributed by atoms with E-state index in [-0.39, 0.29) is 17.9 Å². The van der Waals surface area contributed by atoms with Gasteiger partial charge in [0.15, 0.2) is 5.85 Å². The topological polar surface area (TPSA) is 165 Å². The van der Waals surface area contributed by atoms with E-state index in [0.717, 1.165) is 22.3 Å². The smallest absolute Gasteiger partial charge is 0.470 e. The van der Waals surface area contributed by atoms with E-state index in [9.17, 15) is 29.1 Å². The molecule has 11 heteroatoms.